The van der Waals surface area contributed by atoms with E-state index >= 15 is 0 Å². The Bertz CT molecular complexity index is 1010. The Morgan fingerprint density at radius 3 is 2.52 bits per heavy atom. The van der Waals surface area contributed by atoms with Gasteiger partial charge in [-0.05, 0) is 30.0 Å². The Balaban J connectivity index is 0.00000102. The molecule has 0 atom stereocenters. The number of benzene rings is 2. The molecule has 0 aliphatic heterocycles. The molecule has 0 aliphatic carbocycles. The van der Waals surface area contributed by atoms with Crippen molar-refractivity contribution in [2.24, 2.45) is 0 Å². The smallest absolute Gasteiger partial charge is 0.189 e. The highest BCUT2D eigenvalue weighted by molar-refractivity contribution is 7.98. The third-order valence-electron chi connectivity index (χ3n) is 4.13. The molecular formula is C21H23N5S. The maximum Gasteiger partial charge on any atom is 0.189 e. The molecule has 0 fully saturated rings. The van der Waals surface area contributed by atoms with Crippen LogP contribution in [0, 0.1) is 0 Å². The quantitative estimate of drug-likeness (QED) is 0.374. The fourth-order valence-corrected chi connectivity index (χ4v) is 3.17. The van der Waals surface area contributed by atoms with Gasteiger partial charge in [0, 0.05) is 24.5 Å². The van der Waals surface area contributed by atoms with Crippen LogP contribution in [0.4, 0.5) is 11.5 Å². The summed E-state index contributed by atoms with van der Waals surface area (Å²) >= 11 is 1.53. The number of hydrogen-bond donors (Lipinski definition) is 1. The summed E-state index contributed by atoms with van der Waals surface area (Å²) in [7, 11) is 2.01. The van der Waals surface area contributed by atoms with Crippen molar-refractivity contribution in [2.45, 2.75) is 19.0 Å². The second-order valence-corrected chi connectivity index (χ2v) is 6.39. The number of aromatic amines is 1. The predicted octanol–water partition coefficient (Wildman–Crippen LogP) is 5.54. The van der Waals surface area contributed by atoms with Crippen LogP contribution in [0.15, 0.2) is 66.2 Å². The van der Waals surface area contributed by atoms with Crippen LogP contribution in [0.5, 0.6) is 0 Å². The third kappa shape index (κ3) is 3.95. The highest BCUT2D eigenvalue weighted by Gasteiger charge is 2.13. The molecule has 138 valence electrons. The van der Waals surface area contributed by atoms with Gasteiger partial charge in [0.25, 0.3) is 0 Å². The summed E-state index contributed by atoms with van der Waals surface area (Å²) in [5.41, 5.74) is 5.25. The molecule has 0 radical (unpaired) electrons. The molecule has 0 spiro atoms. The largest absolute Gasteiger partial charge is 0.345 e. The zero-order valence-corrected chi connectivity index (χ0v) is 16.8. The highest BCUT2D eigenvalue weighted by atomic mass is 32.2. The van der Waals surface area contributed by atoms with Crippen LogP contribution < -0.4 is 4.90 Å². The normalized spacial score (nSPS) is 10.4. The van der Waals surface area contributed by atoms with E-state index in [-0.39, 0.29) is 0 Å². The molecule has 2 heterocycles. The van der Waals surface area contributed by atoms with Crippen molar-refractivity contribution in [3.8, 4) is 11.1 Å². The number of fused-ring (bicyclic) bond motifs is 1. The van der Waals surface area contributed by atoms with Crippen molar-refractivity contribution in [1.29, 1.82) is 0 Å². The van der Waals surface area contributed by atoms with E-state index in [0.717, 1.165) is 38.8 Å². The average Bonchev–Trinajstić information content (AvgIpc) is 3.23. The van der Waals surface area contributed by atoms with Gasteiger partial charge in [0.2, 0.25) is 0 Å². The van der Waals surface area contributed by atoms with Gasteiger partial charge in [-0.2, -0.15) is 0 Å². The zero-order chi connectivity index (χ0) is 19.2. The first-order valence-electron chi connectivity index (χ1n) is 8.89. The molecule has 2 aromatic carbocycles. The average molecular weight is 378 g/mol. The van der Waals surface area contributed by atoms with E-state index in [9.17, 15) is 0 Å². The van der Waals surface area contributed by atoms with E-state index in [1.54, 1.807) is 12.5 Å². The first-order valence-corrected chi connectivity index (χ1v) is 10.1. The van der Waals surface area contributed by atoms with Gasteiger partial charge in [0.1, 0.15) is 5.82 Å². The van der Waals surface area contributed by atoms with Gasteiger partial charge in [-0.25, -0.2) is 15.0 Å². The molecule has 4 rings (SSSR count). The van der Waals surface area contributed by atoms with Crippen LogP contribution in [0.3, 0.4) is 0 Å². The first-order chi connectivity index (χ1) is 13.3. The maximum absolute atomic E-state index is 4.59. The number of anilines is 2. The summed E-state index contributed by atoms with van der Waals surface area (Å²) < 4.78 is 0. The molecular weight excluding hydrogens is 354 g/mol. The van der Waals surface area contributed by atoms with E-state index in [1.165, 1.54) is 11.8 Å². The number of hydrogen-bond acceptors (Lipinski definition) is 5. The van der Waals surface area contributed by atoms with Crippen LogP contribution in [0.2, 0.25) is 0 Å². The molecule has 0 amide bonds. The number of nitrogens with one attached hydrogen (secondary N) is 1. The Hall–Kier alpha value is -2.86. The number of imidazole rings is 1. The van der Waals surface area contributed by atoms with Gasteiger partial charge in [-0.15, -0.1) is 0 Å². The molecule has 5 nitrogen and oxygen atoms in total. The minimum absolute atomic E-state index is 0.759. The summed E-state index contributed by atoms with van der Waals surface area (Å²) in [4.78, 5) is 18.6. The number of rotatable bonds is 4. The lowest BCUT2D eigenvalue weighted by atomic mass is 10.0. The standard InChI is InChI=1S/C19H17N5S.C2H6/c1-24(17-8-9-20-19(23-17)25-2)14-10-15(13-6-4-3-5-7-13)18-16(11-14)21-12-22-18;1-2/h3-12H,1-2H3,(H,21,22);1-2H3. The molecule has 2 aromatic heterocycles. The Labute approximate surface area is 163 Å². The van der Waals surface area contributed by atoms with Crippen molar-refractivity contribution in [1.82, 2.24) is 19.9 Å². The Kier molecular flexibility index (Phi) is 6.08. The monoisotopic (exact) mass is 377 g/mol. The molecule has 0 saturated carbocycles. The lowest BCUT2D eigenvalue weighted by Crippen LogP contribution is -2.12. The van der Waals surface area contributed by atoms with Gasteiger partial charge in [0.05, 0.1) is 17.4 Å². The second kappa shape index (κ2) is 8.68. The highest BCUT2D eigenvalue weighted by Crippen LogP contribution is 2.33. The maximum atomic E-state index is 4.59. The molecule has 0 bridgehead atoms. The number of H-pyrrole nitrogens is 1. The third-order valence-corrected chi connectivity index (χ3v) is 4.69. The van der Waals surface area contributed by atoms with Crippen molar-refractivity contribution in [2.75, 3.05) is 18.2 Å². The van der Waals surface area contributed by atoms with E-state index in [1.807, 2.05) is 51.4 Å². The van der Waals surface area contributed by atoms with E-state index in [4.69, 9.17) is 0 Å². The minimum Gasteiger partial charge on any atom is -0.345 e. The van der Waals surface area contributed by atoms with Gasteiger partial charge < -0.3 is 9.88 Å². The molecule has 0 saturated heterocycles. The first kappa shape index (κ1) is 18.9. The van der Waals surface area contributed by atoms with Crippen LogP contribution >= 0.6 is 11.8 Å². The van der Waals surface area contributed by atoms with Crippen LogP contribution in [-0.4, -0.2) is 33.2 Å². The molecule has 1 N–H and O–H groups in total. The van der Waals surface area contributed by atoms with Gasteiger partial charge >= 0.3 is 0 Å². The van der Waals surface area contributed by atoms with Crippen LogP contribution in [0.25, 0.3) is 22.2 Å². The lowest BCUT2D eigenvalue weighted by molar-refractivity contribution is 0.946. The fourth-order valence-electron chi connectivity index (χ4n) is 2.82. The number of thioether (sulfide) groups is 1. The topological polar surface area (TPSA) is 57.7 Å². The van der Waals surface area contributed by atoms with Gasteiger partial charge in [0.15, 0.2) is 5.16 Å². The molecule has 0 unspecified atom stereocenters. The van der Waals surface area contributed by atoms with Crippen molar-refractivity contribution in [3.63, 3.8) is 0 Å². The summed E-state index contributed by atoms with van der Waals surface area (Å²) in [5.74, 6) is 0.859. The predicted molar refractivity (Wildman–Crippen MR) is 115 cm³/mol. The van der Waals surface area contributed by atoms with E-state index in [0.29, 0.717) is 0 Å². The van der Waals surface area contributed by atoms with Crippen molar-refractivity contribution < 1.29 is 0 Å². The van der Waals surface area contributed by atoms with Gasteiger partial charge in [-0.3, -0.25) is 0 Å². The van der Waals surface area contributed by atoms with Crippen molar-refractivity contribution in [3.05, 3.63) is 61.1 Å². The van der Waals surface area contributed by atoms with Crippen molar-refractivity contribution >= 4 is 34.3 Å². The number of nitrogens with zero attached hydrogens (tertiary/aromatic N) is 4. The summed E-state index contributed by atoms with van der Waals surface area (Å²) in [6, 6.07) is 16.5. The number of aromatic nitrogens is 4. The van der Waals surface area contributed by atoms with Crippen LogP contribution in [-0.2, 0) is 0 Å². The van der Waals surface area contributed by atoms with Crippen LogP contribution in [0.1, 0.15) is 13.8 Å². The molecule has 4 aromatic rings. The minimum atomic E-state index is 0.759. The molecule has 27 heavy (non-hydrogen) atoms. The molecule has 6 heteroatoms. The fraction of sp³-hybridized carbons (Fsp3) is 0.190. The Morgan fingerprint density at radius 2 is 1.78 bits per heavy atom. The second-order valence-electron chi connectivity index (χ2n) is 5.62. The SMILES string of the molecule is CC.CSc1nccc(N(C)c2cc(-c3ccccc3)c3nc[nH]c3c2)n1. The van der Waals surface area contributed by atoms with Gasteiger partial charge in [-0.1, -0.05) is 55.9 Å². The zero-order valence-electron chi connectivity index (χ0n) is 16.0. The lowest BCUT2D eigenvalue weighted by Gasteiger charge is -2.20. The summed E-state index contributed by atoms with van der Waals surface area (Å²) in [6.45, 7) is 4.00. The molecule has 0 aliphatic rings. The van der Waals surface area contributed by atoms with E-state index in [2.05, 4.69) is 49.1 Å². The summed E-state index contributed by atoms with van der Waals surface area (Å²) in [5, 5.41) is 0.759. The summed E-state index contributed by atoms with van der Waals surface area (Å²) in [6.07, 6.45) is 5.50. The Morgan fingerprint density at radius 1 is 1.00 bits per heavy atom. The van der Waals surface area contributed by atoms with E-state index < -0.39 is 0 Å².